The molecule has 166 valence electrons. The second kappa shape index (κ2) is 7.80. The Balaban J connectivity index is 1.59. The zero-order valence-corrected chi connectivity index (χ0v) is 18.1. The highest BCUT2D eigenvalue weighted by Crippen LogP contribution is 2.33. The van der Waals surface area contributed by atoms with Crippen molar-refractivity contribution in [2.75, 3.05) is 7.11 Å². The Bertz CT molecular complexity index is 1530. The summed E-state index contributed by atoms with van der Waals surface area (Å²) in [5.74, 6) is 2.54. The van der Waals surface area contributed by atoms with Gasteiger partial charge in [0.1, 0.15) is 17.9 Å². The van der Waals surface area contributed by atoms with E-state index < -0.39 is 0 Å². The Morgan fingerprint density at radius 1 is 1.09 bits per heavy atom. The normalized spacial score (nSPS) is 14.8. The van der Waals surface area contributed by atoms with Gasteiger partial charge < -0.3 is 4.74 Å². The van der Waals surface area contributed by atoms with Crippen LogP contribution in [-0.4, -0.2) is 46.4 Å². The zero-order chi connectivity index (χ0) is 22.4. The van der Waals surface area contributed by atoms with Crippen LogP contribution in [-0.2, 0) is 0 Å². The van der Waals surface area contributed by atoms with Gasteiger partial charge in [-0.05, 0) is 31.0 Å². The van der Waals surface area contributed by atoms with Gasteiger partial charge in [-0.2, -0.15) is 19.6 Å². The minimum atomic E-state index is -0.285. The molecule has 1 aliphatic rings. The Labute approximate surface area is 188 Å². The summed E-state index contributed by atoms with van der Waals surface area (Å²) >= 11 is 0. The third-order valence-electron chi connectivity index (χ3n) is 6.33. The molecule has 4 aromatic heterocycles. The summed E-state index contributed by atoms with van der Waals surface area (Å²) in [6, 6.07) is 9.28. The van der Waals surface area contributed by atoms with E-state index in [1.54, 1.807) is 23.9 Å². The summed E-state index contributed by atoms with van der Waals surface area (Å²) in [7, 11) is 1.60. The molecule has 0 spiro atoms. The lowest BCUT2D eigenvalue weighted by atomic mass is 9.89. The smallest absolute Gasteiger partial charge is 0.269 e. The Morgan fingerprint density at radius 3 is 2.79 bits per heavy atom. The number of aromatic nitrogens is 8. The maximum absolute atomic E-state index is 13.8. The van der Waals surface area contributed by atoms with Crippen molar-refractivity contribution in [3.8, 4) is 23.0 Å². The molecular formula is C23H22N8O2. The van der Waals surface area contributed by atoms with E-state index in [4.69, 9.17) is 4.74 Å². The van der Waals surface area contributed by atoms with Crippen LogP contribution in [0, 0.1) is 0 Å². The molecule has 0 saturated heterocycles. The van der Waals surface area contributed by atoms with E-state index in [0.717, 1.165) is 24.2 Å². The Morgan fingerprint density at radius 2 is 1.94 bits per heavy atom. The first kappa shape index (κ1) is 19.6. The average Bonchev–Trinajstić information content (AvgIpc) is 3.53. The standard InChI is InChI=1S/C23H22N8O2/c1-33-17-10-6-5-9-15(17)19-18-16(26-22-24-13-25-31(19)22)11-12-30(21(18)32)23-27-20(28-29-23)14-7-3-2-4-8-14/h5-6,9-14H,2-4,7-8H2,1H3,(H,27,28,29). The summed E-state index contributed by atoms with van der Waals surface area (Å²) in [4.78, 5) is 27.3. The molecule has 0 amide bonds. The van der Waals surface area contributed by atoms with Crippen LogP contribution in [0.15, 0.2) is 47.7 Å². The number of para-hydroxylation sites is 1. The third kappa shape index (κ3) is 3.17. The van der Waals surface area contributed by atoms with Crippen molar-refractivity contribution >= 4 is 16.7 Å². The zero-order valence-electron chi connectivity index (χ0n) is 18.1. The summed E-state index contributed by atoms with van der Waals surface area (Å²) in [5.41, 5.74) is 1.51. The fourth-order valence-corrected chi connectivity index (χ4v) is 4.70. The number of nitrogens with zero attached hydrogens (tertiary/aromatic N) is 7. The van der Waals surface area contributed by atoms with E-state index in [1.165, 1.54) is 30.2 Å². The lowest BCUT2D eigenvalue weighted by Crippen LogP contribution is -2.21. The molecule has 0 atom stereocenters. The largest absolute Gasteiger partial charge is 0.496 e. The second-order valence-corrected chi connectivity index (χ2v) is 8.24. The summed E-state index contributed by atoms with van der Waals surface area (Å²) in [5, 5.41) is 12.1. The molecular weight excluding hydrogens is 420 g/mol. The first-order valence-electron chi connectivity index (χ1n) is 11.1. The molecule has 0 aliphatic heterocycles. The van der Waals surface area contributed by atoms with Crippen molar-refractivity contribution in [2.24, 2.45) is 0 Å². The van der Waals surface area contributed by atoms with E-state index in [9.17, 15) is 4.79 Å². The van der Waals surface area contributed by atoms with E-state index in [2.05, 4.69) is 30.2 Å². The van der Waals surface area contributed by atoms with Gasteiger partial charge in [-0.15, -0.1) is 5.10 Å². The minimum absolute atomic E-state index is 0.285. The van der Waals surface area contributed by atoms with Gasteiger partial charge in [-0.1, -0.05) is 31.4 Å². The molecule has 6 rings (SSSR count). The van der Waals surface area contributed by atoms with E-state index in [-0.39, 0.29) is 5.56 Å². The number of ether oxygens (including phenoxy) is 1. The van der Waals surface area contributed by atoms with Gasteiger partial charge in [0, 0.05) is 17.7 Å². The number of nitrogens with one attached hydrogen (secondary N) is 1. The van der Waals surface area contributed by atoms with Crippen LogP contribution in [0.5, 0.6) is 5.75 Å². The molecule has 1 aromatic carbocycles. The highest BCUT2D eigenvalue weighted by atomic mass is 16.5. The van der Waals surface area contributed by atoms with Gasteiger partial charge in [0.05, 0.1) is 23.7 Å². The number of benzene rings is 1. The number of fused-ring (bicyclic) bond motifs is 2. The predicted octanol–water partition coefficient (Wildman–Crippen LogP) is 3.27. The van der Waals surface area contributed by atoms with E-state index in [0.29, 0.717) is 40.0 Å². The summed E-state index contributed by atoms with van der Waals surface area (Å²) in [6.45, 7) is 0. The predicted molar refractivity (Wildman–Crippen MR) is 122 cm³/mol. The monoisotopic (exact) mass is 442 g/mol. The lowest BCUT2D eigenvalue weighted by Gasteiger charge is -2.18. The molecule has 1 aliphatic carbocycles. The minimum Gasteiger partial charge on any atom is -0.496 e. The topological polar surface area (TPSA) is 116 Å². The van der Waals surface area contributed by atoms with Gasteiger partial charge in [0.15, 0.2) is 0 Å². The second-order valence-electron chi connectivity index (χ2n) is 8.24. The fourth-order valence-electron chi connectivity index (χ4n) is 4.70. The molecule has 10 nitrogen and oxygen atoms in total. The molecule has 0 bridgehead atoms. The number of hydrogen-bond donors (Lipinski definition) is 1. The Hall–Kier alpha value is -4.08. The van der Waals surface area contributed by atoms with Crippen LogP contribution < -0.4 is 10.3 Å². The van der Waals surface area contributed by atoms with Gasteiger partial charge in [0.25, 0.3) is 17.3 Å². The number of H-pyrrole nitrogens is 1. The van der Waals surface area contributed by atoms with E-state index >= 15 is 0 Å². The van der Waals surface area contributed by atoms with Gasteiger partial charge in [0.2, 0.25) is 0 Å². The van der Waals surface area contributed by atoms with Crippen molar-refractivity contribution < 1.29 is 4.74 Å². The molecule has 1 saturated carbocycles. The maximum Gasteiger partial charge on any atom is 0.269 e. The fraction of sp³-hybridized carbons (Fsp3) is 0.304. The van der Waals surface area contributed by atoms with Crippen LogP contribution in [0.25, 0.3) is 33.9 Å². The molecule has 10 heteroatoms. The van der Waals surface area contributed by atoms with Gasteiger partial charge >= 0.3 is 0 Å². The summed E-state index contributed by atoms with van der Waals surface area (Å²) < 4.78 is 8.60. The SMILES string of the molecule is COc1ccccc1-c1c2c(=O)n(-c3n[nH]c(C4CCCCC4)n3)ccc2nc2ncnn12. The number of rotatable bonds is 4. The van der Waals surface area contributed by atoms with Crippen molar-refractivity contribution in [3.63, 3.8) is 0 Å². The average molecular weight is 442 g/mol. The van der Waals surface area contributed by atoms with Crippen molar-refractivity contribution in [2.45, 2.75) is 38.0 Å². The number of methoxy groups -OCH3 is 1. The third-order valence-corrected chi connectivity index (χ3v) is 6.33. The van der Waals surface area contributed by atoms with Crippen LogP contribution >= 0.6 is 0 Å². The number of aromatic amines is 1. The molecule has 33 heavy (non-hydrogen) atoms. The quantitative estimate of drug-likeness (QED) is 0.454. The summed E-state index contributed by atoms with van der Waals surface area (Å²) in [6.07, 6.45) is 8.91. The maximum atomic E-state index is 13.8. The van der Waals surface area contributed by atoms with Gasteiger partial charge in [-0.3, -0.25) is 9.89 Å². The number of hydrogen-bond acceptors (Lipinski definition) is 7. The molecule has 4 heterocycles. The van der Waals surface area contributed by atoms with Gasteiger partial charge in [-0.25, -0.2) is 9.55 Å². The van der Waals surface area contributed by atoms with Crippen LogP contribution in [0.1, 0.15) is 43.8 Å². The molecule has 1 N–H and O–H groups in total. The van der Waals surface area contributed by atoms with Crippen LogP contribution in [0.4, 0.5) is 0 Å². The number of pyridine rings is 1. The highest BCUT2D eigenvalue weighted by Gasteiger charge is 2.23. The van der Waals surface area contributed by atoms with Crippen molar-refractivity contribution in [1.29, 1.82) is 0 Å². The molecule has 5 aromatic rings. The molecule has 0 radical (unpaired) electrons. The lowest BCUT2D eigenvalue weighted by molar-refractivity contribution is 0.416. The molecule has 1 fully saturated rings. The highest BCUT2D eigenvalue weighted by molar-refractivity contribution is 5.94. The van der Waals surface area contributed by atoms with Crippen LogP contribution in [0.2, 0.25) is 0 Å². The van der Waals surface area contributed by atoms with Crippen molar-refractivity contribution in [1.82, 2.24) is 39.3 Å². The van der Waals surface area contributed by atoms with Crippen LogP contribution in [0.3, 0.4) is 0 Å². The Kier molecular flexibility index (Phi) is 4.63. The van der Waals surface area contributed by atoms with E-state index in [1.807, 2.05) is 24.3 Å². The van der Waals surface area contributed by atoms with Crippen molar-refractivity contribution in [3.05, 3.63) is 59.0 Å². The molecule has 0 unspecified atom stereocenters. The first-order chi connectivity index (χ1) is 16.2. The first-order valence-corrected chi connectivity index (χ1v) is 11.1.